The van der Waals surface area contributed by atoms with Gasteiger partial charge in [0.15, 0.2) is 11.0 Å². The number of hydrogen-bond donors (Lipinski definition) is 1. The fourth-order valence-corrected chi connectivity index (χ4v) is 4.55. The smallest absolute Gasteiger partial charge is 0.238 e. The zero-order valence-corrected chi connectivity index (χ0v) is 19.9. The molecular formula is C21H22Cl2N6O2S. The van der Waals surface area contributed by atoms with Gasteiger partial charge in [-0.2, -0.15) is 0 Å². The van der Waals surface area contributed by atoms with E-state index in [9.17, 15) is 4.79 Å². The highest BCUT2D eigenvalue weighted by Crippen LogP contribution is 2.32. The molecule has 168 valence electrons. The first-order valence-corrected chi connectivity index (χ1v) is 11.7. The Kier molecular flexibility index (Phi) is 7.20. The molecule has 0 radical (unpaired) electrons. The van der Waals surface area contributed by atoms with Crippen LogP contribution in [0.1, 0.15) is 12.5 Å². The molecule has 3 heterocycles. The Morgan fingerprint density at radius 1 is 1.22 bits per heavy atom. The number of rotatable bonds is 6. The Labute approximate surface area is 200 Å². The molecule has 1 atom stereocenters. The Balaban J connectivity index is 1.60. The predicted octanol–water partition coefficient (Wildman–Crippen LogP) is 4.23. The molecule has 1 amide bonds. The first kappa shape index (κ1) is 22.8. The zero-order valence-electron chi connectivity index (χ0n) is 17.6. The lowest BCUT2D eigenvalue weighted by atomic mass is 10.2. The Morgan fingerprint density at radius 3 is 2.69 bits per heavy atom. The number of aryl methyl sites for hydroxylation is 1. The average molecular weight is 493 g/mol. The van der Waals surface area contributed by atoms with Crippen molar-refractivity contribution in [2.24, 2.45) is 0 Å². The van der Waals surface area contributed by atoms with Gasteiger partial charge in [0.2, 0.25) is 11.9 Å². The van der Waals surface area contributed by atoms with Crippen LogP contribution in [-0.2, 0) is 9.53 Å². The van der Waals surface area contributed by atoms with Crippen molar-refractivity contribution in [2.75, 3.05) is 36.5 Å². The van der Waals surface area contributed by atoms with E-state index in [1.807, 2.05) is 35.8 Å². The minimum atomic E-state index is -0.479. The van der Waals surface area contributed by atoms with Crippen molar-refractivity contribution >= 4 is 52.6 Å². The third-order valence-corrected chi connectivity index (χ3v) is 6.50. The van der Waals surface area contributed by atoms with Crippen molar-refractivity contribution in [2.45, 2.75) is 24.3 Å². The predicted molar refractivity (Wildman–Crippen MR) is 127 cm³/mol. The maximum absolute atomic E-state index is 12.8. The number of para-hydroxylation sites is 1. The van der Waals surface area contributed by atoms with Crippen LogP contribution in [0.3, 0.4) is 0 Å². The molecule has 1 unspecified atom stereocenters. The van der Waals surface area contributed by atoms with Gasteiger partial charge in [-0.05, 0) is 31.5 Å². The lowest BCUT2D eigenvalue weighted by Crippen LogP contribution is -2.38. The number of pyridine rings is 1. The Hall–Kier alpha value is -2.33. The lowest BCUT2D eigenvalue weighted by Gasteiger charge is -2.28. The second-order valence-electron chi connectivity index (χ2n) is 7.24. The summed E-state index contributed by atoms with van der Waals surface area (Å²) >= 11 is 13.3. The number of thioether (sulfide) groups is 1. The highest BCUT2D eigenvalue weighted by molar-refractivity contribution is 8.00. The molecule has 0 bridgehead atoms. The first-order valence-electron chi connectivity index (χ1n) is 10.1. The first-order chi connectivity index (χ1) is 15.4. The Bertz CT molecular complexity index is 1120. The molecule has 11 heteroatoms. The molecule has 0 aliphatic carbocycles. The van der Waals surface area contributed by atoms with Crippen LogP contribution >= 0.6 is 35.0 Å². The van der Waals surface area contributed by atoms with Gasteiger partial charge in [0.1, 0.15) is 0 Å². The van der Waals surface area contributed by atoms with Crippen molar-refractivity contribution < 1.29 is 9.53 Å². The maximum atomic E-state index is 12.8. The maximum Gasteiger partial charge on any atom is 0.238 e. The van der Waals surface area contributed by atoms with Gasteiger partial charge >= 0.3 is 0 Å². The molecule has 1 aromatic carbocycles. The zero-order chi connectivity index (χ0) is 22.7. The molecule has 1 fully saturated rings. The fraction of sp³-hybridized carbons (Fsp3) is 0.333. The second kappa shape index (κ2) is 10.1. The highest BCUT2D eigenvalue weighted by Gasteiger charge is 2.26. The minimum Gasteiger partial charge on any atom is -0.378 e. The number of hydrogen-bond acceptors (Lipinski definition) is 7. The summed E-state index contributed by atoms with van der Waals surface area (Å²) in [6, 6.07) is 9.56. The number of anilines is 2. The van der Waals surface area contributed by atoms with Gasteiger partial charge < -0.3 is 15.0 Å². The molecule has 0 saturated carbocycles. The molecule has 1 saturated heterocycles. The van der Waals surface area contributed by atoms with Crippen molar-refractivity contribution in [1.82, 2.24) is 19.7 Å². The Morgan fingerprint density at radius 2 is 1.97 bits per heavy atom. The normalized spacial score (nSPS) is 14.9. The van der Waals surface area contributed by atoms with Gasteiger partial charge in [-0.1, -0.05) is 53.2 Å². The summed E-state index contributed by atoms with van der Waals surface area (Å²) in [5.74, 6) is 0.752. The summed E-state index contributed by atoms with van der Waals surface area (Å²) in [7, 11) is 0. The van der Waals surface area contributed by atoms with Crippen molar-refractivity contribution in [3.63, 3.8) is 0 Å². The van der Waals surface area contributed by atoms with E-state index in [0.29, 0.717) is 23.4 Å². The van der Waals surface area contributed by atoms with E-state index in [1.54, 1.807) is 6.92 Å². The molecular weight excluding hydrogens is 471 g/mol. The number of halogens is 2. The summed E-state index contributed by atoms with van der Waals surface area (Å²) in [6.07, 6.45) is 1.43. The number of morpholine rings is 1. The number of carbonyl (C=O) groups excluding carboxylic acids is 1. The number of carbonyl (C=O) groups is 1. The number of nitrogens with one attached hydrogen (secondary N) is 1. The quantitative estimate of drug-likeness (QED) is 0.515. The largest absolute Gasteiger partial charge is 0.378 e. The topological polar surface area (TPSA) is 85.2 Å². The molecule has 0 spiro atoms. The van der Waals surface area contributed by atoms with E-state index in [1.165, 1.54) is 24.0 Å². The number of benzene rings is 1. The van der Waals surface area contributed by atoms with Crippen LogP contribution < -0.4 is 10.2 Å². The molecule has 8 nitrogen and oxygen atoms in total. The molecule has 1 N–H and O–H groups in total. The van der Waals surface area contributed by atoms with Gasteiger partial charge in [-0.15, -0.1) is 10.2 Å². The fourth-order valence-electron chi connectivity index (χ4n) is 3.27. The highest BCUT2D eigenvalue weighted by atomic mass is 35.5. The van der Waals surface area contributed by atoms with E-state index in [-0.39, 0.29) is 16.7 Å². The van der Waals surface area contributed by atoms with Gasteiger partial charge in [0, 0.05) is 19.3 Å². The monoisotopic (exact) mass is 492 g/mol. The summed E-state index contributed by atoms with van der Waals surface area (Å²) in [6.45, 7) is 6.57. The van der Waals surface area contributed by atoms with Crippen LogP contribution in [0.5, 0.6) is 0 Å². The van der Waals surface area contributed by atoms with E-state index in [2.05, 4.69) is 25.4 Å². The lowest BCUT2D eigenvalue weighted by molar-refractivity contribution is -0.115. The van der Waals surface area contributed by atoms with Crippen molar-refractivity contribution in [1.29, 1.82) is 0 Å². The van der Waals surface area contributed by atoms with E-state index >= 15 is 0 Å². The molecule has 32 heavy (non-hydrogen) atoms. The molecule has 1 aliphatic rings. The molecule has 2 aromatic heterocycles. The van der Waals surface area contributed by atoms with Gasteiger partial charge in [-0.3, -0.25) is 9.36 Å². The number of nitrogens with zero attached hydrogens (tertiary/aromatic N) is 5. The molecule has 4 rings (SSSR count). The number of amides is 1. The van der Waals surface area contributed by atoms with Crippen LogP contribution in [0.2, 0.25) is 10.0 Å². The van der Waals surface area contributed by atoms with Crippen LogP contribution in [0.25, 0.3) is 5.69 Å². The SMILES string of the molecule is Cc1ccccc1-n1c(SC(C)C(=O)Nc2ncc(Cl)cc2Cl)nnc1N1CCOCC1. The average Bonchev–Trinajstić information content (AvgIpc) is 3.19. The summed E-state index contributed by atoms with van der Waals surface area (Å²) in [5, 5.41) is 12.5. The van der Waals surface area contributed by atoms with Crippen molar-refractivity contribution in [3.8, 4) is 5.69 Å². The van der Waals surface area contributed by atoms with E-state index in [0.717, 1.165) is 30.3 Å². The summed E-state index contributed by atoms with van der Waals surface area (Å²) in [4.78, 5) is 19.1. The van der Waals surface area contributed by atoms with E-state index in [4.69, 9.17) is 27.9 Å². The van der Waals surface area contributed by atoms with Gasteiger partial charge in [0.25, 0.3) is 0 Å². The van der Waals surface area contributed by atoms with Gasteiger partial charge in [-0.25, -0.2) is 4.98 Å². The number of aromatic nitrogens is 4. The third kappa shape index (κ3) is 5.01. The van der Waals surface area contributed by atoms with Crippen LogP contribution in [0.15, 0.2) is 41.7 Å². The molecule has 3 aromatic rings. The van der Waals surface area contributed by atoms with Gasteiger partial charge in [0.05, 0.1) is 34.2 Å². The van der Waals surface area contributed by atoms with E-state index < -0.39 is 5.25 Å². The van der Waals surface area contributed by atoms with Crippen LogP contribution in [-0.4, -0.2) is 57.2 Å². The number of ether oxygens (including phenoxy) is 1. The third-order valence-electron chi connectivity index (χ3n) is 4.97. The van der Waals surface area contributed by atoms with Crippen molar-refractivity contribution in [3.05, 3.63) is 52.1 Å². The standard InChI is InChI=1S/C21H22Cl2N6O2S/c1-13-5-3-4-6-17(13)29-20(28-7-9-31-10-8-28)26-27-21(29)32-14(2)19(30)25-18-16(23)11-15(22)12-24-18/h3-6,11-12,14H,7-10H2,1-2H3,(H,24,25,30). The molecule has 1 aliphatic heterocycles. The minimum absolute atomic E-state index is 0.251. The van der Waals surface area contributed by atoms with Crippen LogP contribution in [0, 0.1) is 6.92 Å². The van der Waals surface area contributed by atoms with Crippen LogP contribution in [0.4, 0.5) is 11.8 Å². The summed E-state index contributed by atoms with van der Waals surface area (Å²) < 4.78 is 7.49. The second-order valence-corrected chi connectivity index (χ2v) is 9.39. The summed E-state index contributed by atoms with van der Waals surface area (Å²) in [5.41, 5.74) is 2.05.